The molecule has 0 amide bonds. The van der Waals surface area contributed by atoms with Crippen molar-refractivity contribution in [1.82, 2.24) is 19.4 Å². The smallest absolute Gasteiger partial charge is 0.209 e. The molecule has 2 aliphatic rings. The fraction of sp³-hybridized carbons (Fsp3) is 0.786. The molecule has 0 aromatic carbocycles. The zero-order valence-corrected chi connectivity index (χ0v) is 14.0. The molecule has 2 saturated heterocycles. The van der Waals surface area contributed by atoms with Crippen LogP contribution in [-0.4, -0.2) is 60.7 Å². The van der Waals surface area contributed by atoms with E-state index in [4.69, 9.17) is 4.74 Å². The van der Waals surface area contributed by atoms with Crippen LogP contribution in [-0.2, 0) is 28.4 Å². The minimum atomic E-state index is -3.16. The SMILES string of the molecule is Cn1cc(CN2CCC3(CC2)CC(NS(C)(=O)=O)CO3)cn1. The average molecular weight is 328 g/mol. The highest BCUT2D eigenvalue weighted by atomic mass is 32.2. The Kier molecular flexibility index (Phi) is 4.28. The summed E-state index contributed by atoms with van der Waals surface area (Å²) in [5.41, 5.74) is 1.08. The van der Waals surface area contributed by atoms with Gasteiger partial charge in [0.05, 0.1) is 24.7 Å². The Morgan fingerprint density at radius 1 is 1.45 bits per heavy atom. The zero-order chi connectivity index (χ0) is 15.8. The second-order valence-electron chi connectivity index (χ2n) is 6.58. The summed E-state index contributed by atoms with van der Waals surface area (Å²) in [6.07, 6.45) is 7.84. The molecular weight excluding hydrogens is 304 g/mol. The molecule has 2 aliphatic heterocycles. The number of aryl methyl sites for hydroxylation is 1. The van der Waals surface area contributed by atoms with Crippen LogP contribution in [0.5, 0.6) is 0 Å². The number of nitrogens with zero attached hydrogens (tertiary/aromatic N) is 3. The van der Waals surface area contributed by atoms with Crippen molar-refractivity contribution in [2.75, 3.05) is 26.0 Å². The lowest BCUT2D eigenvalue weighted by molar-refractivity contribution is -0.0448. The fourth-order valence-corrected chi connectivity index (χ4v) is 4.26. The van der Waals surface area contributed by atoms with E-state index in [1.165, 1.54) is 11.8 Å². The van der Waals surface area contributed by atoms with Gasteiger partial charge in [-0.15, -0.1) is 0 Å². The first kappa shape index (κ1) is 15.9. The van der Waals surface area contributed by atoms with E-state index >= 15 is 0 Å². The number of hydrogen-bond donors (Lipinski definition) is 1. The minimum Gasteiger partial charge on any atom is -0.373 e. The largest absolute Gasteiger partial charge is 0.373 e. The molecule has 1 atom stereocenters. The highest BCUT2D eigenvalue weighted by Crippen LogP contribution is 2.36. The highest BCUT2D eigenvalue weighted by Gasteiger charge is 2.43. The monoisotopic (exact) mass is 328 g/mol. The van der Waals surface area contributed by atoms with Crippen molar-refractivity contribution < 1.29 is 13.2 Å². The maximum Gasteiger partial charge on any atom is 0.209 e. The van der Waals surface area contributed by atoms with Crippen LogP contribution in [0.4, 0.5) is 0 Å². The summed E-state index contributed by atoms with van der Waals surface area (Å²) >= 11 is 0. The van der Waals surface area contributed by atoms with Gasteiger partial charge in [0.15, 0.2) is 0 Å². The van der Waals surface area contributed by atoms with Crippen molar-refractivity contribution in [2.45, 2.75) is 37.5 Å². The second kappa shape index (κ2) is 5.92. The standard InChI is InChI=1S/C14H24N4O3S/c1-17-9-12(8-15-17)10-18-5-3-14(4-6-18)7-13(11-21-14)16-22(2,19)20/h8-9,13,16H,3-7,10-11H2,1-2H3. The average Bonchev–Trinajstić information content (AvgIpc) is 2.99. The summed E-state index contributed by atoms with van der Waals surface area (Å²) in [5.74, 6) is 0. The molecule has 1 spiro atoms. The third-order valence-corrected chi connectivity index (χ3v) is 5.28. The van der Waals surface area contributed by atoms with Gasteiger partial charge in [-0.25, -0.2) is 13.1 Å². The van der Waals surface area contributed by atoms with Gasteiger partial charge in [-0.2, -0.15) is 5.10 Å². The van der Waals surface area contributed by atoms with E-state index in [-0.39, 0.29) is 11.6 Å². The molecule has 22 heavy (non-hydrogen) atoms. The number of ether oxygens (including phenoxy) is 1. The second-order valence-corrected chi connectivity index (χ2v) is 8.36. The van der Waals surface area contributed by atoms with E-state index in [9.17, 15) is 8.42 Å². The van der Waals surface area contributed by atoms with Gasteiger partial charge in [0.2, 0.25) is 10.0 Å². The molecule has 1 N–H and O–H groups in total. The topological polar surface area (TPSA) is 76.5 Å². The summed E-state index contributed by atoms with van der Waals surface area (Å²) in [5, 5.41) is 4.20. The molecule has 8 heteroatoms. The van der Waals surface area contributed by atoms with Crippen LogP contribution in [0, 0.1) is 0 Å². The highest BCUT2D eigenvalue weighted by molar-refractivity contribution is 7.88. The number of hydrogen-bond acceptors (Lipinski definition) is 5. The third kappa shape index (κ3) is 3.87. The summed E-state index contributed by atoms with van der Waals surface area (Å²) in [4.78, 5) is 2.41. The molecule has 1 aromatic heterocycles. The van der Waals surface area contributed by atoms with Crippen molar-refractivity contribution in [2.24, 2.45) is 7.05 Å². The van der Waals surface area contributed by atoms with Gasteiger partial charge in [0.25, 0.3) is 0 Å². The summed E-state index contributed by atoms with van der Waals surface area (Å²) in [6.45, 7) is 3.34. The first-order valence-corrected chi connectivity index (χ1v) is 9.54. The van der Waals surface area contributed by atoms with Gasteiger partial charge >= 0.3 is 0 Å². The predicted molar refractivity (Wildman–Crippen MR) is 82.8 cm³/mol. The quantitative estimate of drug-likeness (QED) is 0.848. The third-order valence-electron chi connectivity index (χ3n) is 4.52. The number of rotatable bonds is 4. The van der Waals surface area contributed by atoms with Crippen molar-refractivity contribution in [1.29, 1.82) is 0 Å². The molecule has 124 valence electrons. The lowest BCUT2D eigenvalue weighted by atomic mass is 9.87. The molecule has 0 aliphatic carbocycles. The van der Waals surface area contributed by atoms with E-state index in [0.717, 1.165) is 38.9 Å². The molecular formula is C14H24N4O3S. The van der Waals surface area contributed by atoms with Crippen LogP contribution in [0.1, 0.15) is 24.8 Å². The number of likely N-dealkylation sites (tertiary alicyclic amines) is 1. The van der Waals surface area contributed by atoms with Crippen molar-refractivity contribution >= 4 is 10.0 Å². The van der Waals surface area contributed by atoms with Crippen molar-refractivity contribution in [3.05, 3.63) is 18.0 Å². The van der Waals surface area contributed by atoms with E-state index in [2.05, 4.69) is 14.7 Å². The Balaban J connectivity index is 1.51. The first-order chi connectivity index (χ1) is 10.3. The van der Waals surface area contributed by atoms with Crippen LogP contribution < -0.4 is 4.72 Å². The maximum atomic E-state index is 11.3. The molecule has 0 bridgehead atoms. The van der Waals surface area contributed by atoms with Crippen LogP contribution in [0.2, 0.25) is 0 Å². The minimum absolute atomic E-state index is 0.0835. The van der Waals surface area contributed by atoms with Crippen LogP contribution >= 0.6 is 0 Å². The predicted octanol–water partition coefficient (Wildman–Crippen LogP) is 0.0928. The fourth-order valence-electron chi connectivity index (χ4n) is 3.50. The summed E-state index contributed by atoms with van der Waals surface area (Å²) in [6, 6.07) is -0.0835. The van der Waals surface area contributed by atoms with E-state index in [1.807, 2.05) is 24.1 Å². The van der Waals surface area contributed by atoms with Gasteiger partial charge in [0, 0.05) is 44.5 Å². The number of aromatic nitrogens is 2. The van der Waals surface area contributed by atoms with E-state index < -0.39 is 10.0 Å². The van der Waals surface area contributed by atoms with Gasteiger partial charge in [-0.1, -0.05) is 0 Å². The lowest BCUT2D eigenvalue weighted by Crippen LogP contribution is -2.44. The molecule has 0 saturated carbocycles. The van der Waals surface area contributed by atoms with Gasteiger partial charge in [0.1, 0.15) is 0 Å². The Labute approximate surface area is 131 Å². The molecule has 2 fully saturated rings. The molecule has 1 unspecified atom stereocenters. The van der Waals surface area contributed by atoms with Crippen molar-refractivity contribution in [3.8, 4) is 0 Å². The Bertz CT molecular complexity index is 620. The molecule has 7 nitrogen and oxygen atoms in total. The molecule has 1 aromatic rings. The number of piperidine rings is 1. The van der Waals surface area contributed by atoms with E-state index in [1.54, 1.807) is 0 Å². The molecule has 0 radical (unpaired) electrons. The van der Waals surface area contributed by atoms with Gasteiger partial charge in [-0.3, -0.25) is 9.58 Å². The molecule has 3 heterocycles. The molecule has 3 rings (SSSR count). The number of sulfonamides is 1. The zero-order valence-electron chi connectivity index (χ0n) is 13.2. The first-order valence-electron chi connectivity index (χ1n) is 7.65. The Hall–Kier alpha value is -0.960. The Morgan fingerprint density at radius 3 is 2.77 bits per heavy atom. The summed E-state index contributed by atoms with van der Waals surface area (Å²) in [7, 11) is -1.24. The van der Waals surface area contributed by atoms with Crippen LogP contribution in [0.15, 0.2) is 12.4 Å². The van der Waals surface area contributed by atoms with Gasteiger partial charge < -0.3 is 4.74 Å². The van der Waals surface area contributed by atoms with E-state index in [0.29, 0.717) is 6.61 Å². The summed E-state index contributed by atoms with van der Waals surface area (Å²) < 4.78 is 33.1. The van der Waals surface area contributed by atoms with Crippen LogP contribution in [0.3, 0.4) is 0 Å². The maximum absolute atomic E-state index is 11.3. The van der Waals surface area contributed by atoms with Crippen LogP contribution in [0.25, 0.3) is 0 Å². The Morgan fingerprint density at radius 2 is 2.18 bits per heavy atom. The van der Waals surface area contributed by atoms with Gasteiger partial charge in [-0.05, 0) is 19.3 Å². The normalized spacial score (nSPS) is 25.8. The number of nitrogens with one attached hydrogen (secondary N) is 1. The lowest BCUT2D eigenvalue weighted by Gasteiger charge is -2.38. The van der Waals surface area contributed by atoms with Crippen molar-refractivity contribution in [3.63, 3.8) is 0 Å².